The maximum atomic E-state index is 9.10. The number of aliphatic carboxylic acids is 2. The van der Waals surface area contributed by atoms with Gasteiger partial charge in [0.2, 0.25) is 0 Å². The van der Waals surface area contributed by atoms with Crippen LogP contribution < -0.4 is 4.74 Å². The SMILES string of the molecule is CCCN(CCC)CCCCOc1ccc(C)cc1C.O=C(O)C(=O)O. The maximum absolute atomic E-state index is 9.10. The minimum absolute atomic E-state index is 0.829. The van der Waals surface area contributed by atoms with Crippen molar-refractivity contribution < 1.29 is 24.5 Å². The van der Waals surface area contributed by atoms with Gasteiger partial charge in [-0.1, -0.05) is 31.5 Å². The molecule has 26 heavy (non-hydrogen) atoms. The van der Waals surface area contributed by atoms with Gasteiger partial charge >= 0.3 is 11.9 Å². The molecule has 0 amide bonds. The highest BCUT2D eigenvalue weighted by Gasteiger charge is 2.04. The Bertz CT molecular complexity index is 527. The van der Waals surface area contributed by atoms with Crippen molar-refractivity contribution in [3.63, 3.8) is 0 Å². The molecule has 0 fully saturated rings. The summed E-state index contributed by atoms with van der Waals surface area (Å²) in [6, 6.07) is 6.39. The van der Waals surface area contributed by atoms with Gasteiger partial charge < -0.3 is 19.8 Å². The molecular weight excluding hydrogens is 334 g/mol. The minimum Gasteiger partial charge on any atom is -0.493 e. The molecule has 0 aliphatic rings. The Morgan fingerprint density at radius 2 is 1.54 bits per heavy atom. The lowest BCUT2D eigenvalue weighted by atomic mass is 10.1. The Hall–Kier alpha value is -2.08. The number of ether oxygens (including phenoxy) is 1. The fourth-order valence-corrected chi connectivity index (χ4v) is 2.55. The summed E-state index contributed by atoms with van der Waals surface area (Å²) in [4.78, 5) is 20.8. The molecule has 0 radical (unpaired) electrons. The second-order valence-electron chi connectivity index (χ2n) is 6.28. The number of carbonyl (C=O) groups is 2. The number of benzene rings is 1. The second-order valence-corrected chi connectivity index (χ2v) is 6.28. The molecule has 148 valence electrons. The van der Waals surface area contributed by atoms with Gasteiger partial charge in [0.1, 0.15) is 5.75 Å². The van der Waals surface area contributed by atoms with Crippen LogP contribution >= 0.6 is 0 Å². The third kappa shape index (κ3) is 11.5. The van der Waals surface area contributed by atoms with Crippen molar-refractivity contribution in [3.8, 4) is 5.75 Å². The number of hydrogen-bond acceptors (Lipinski definition) is 4. The summed E-state index contributed by atoms with van der Waals surface area (Å²) in [6.45, 7) is 13.2. The number of rotatable bonds is 10. The molecule has 1 rings (SSSR count). The Kier molecular flexibility index (Phi) is 13.0. The molecule has 0 heterocycles. The fourth-order valence-electron chi connectivity index (χ4n) is 2.55. The van der Waals surface area contributed by atoms with E-state index in [2.05, 4.69) is 50.8 Å². The predicted octanol–water partition coefficient (Wildman–Crippen LogP) is 3.74. The van der Waals surface area contributed by atoms with Crippen LogP contribution in [-0.2, 0) is 9.59 Å². The zero-order valence-corrected chi connectivity index (χ0v) is 16.5. The first-order valence-electron chi connectivity index (χ1n) is 9.20. The van der Waals surface area contributed by atoms with Crippen molar-refractivity contribution in [1.82, 2.24) is 4.90 Å². The lowest BCUT2D eigenvalue weighted by Gasteiger charge is -2.20. The molecule has 0 aliphatic heterocycles. The van der Waals surface area contributed by atoms with Gasteiger partial charge in [-0.2, -0.15) is 0 Å². The molecule has 6 nitrogen and oxygen atoms in total. The van der Waals surface area contributed by atoms with Crippen LogP contribution in [0.4, 0.5) is 0 Å². The summed E-state index contributed by atoms with van der Waals surface area (Å²) in [5.41, 5.74) is 2.54. The van der Waals surface area contributed by atoms with E-state index in [0.717, 1.165) is 18.8 Å². The molecule has 2 N–H and O–H groups in total. The third-order valence-corrected chi connectivity index (χ3v) is 3.72. The average molecular weight is 367 g/mol. The molecule has 0 saturated carbocycles. The largest absolute Gasteiger partial charge is 0.493 e. The molecule has 1 aromatic carbocycles. The standard InChI is InChI=1S/C18H31NO.C2H2O4/c1-5-11-19(12-6-2)13-7-8-14-20-18-10-9-16(3)15-17(18)4;3-1(4)2(5)6/h9-10,15H,5-8,11-14H2,1-4H3;(H,3,4)(H,5,6). The summed E-state index contributed by atoms with van der Waals surface area (Å²) >= 11 is 0. The molecule has 0 aromatic heterocycles. The highest BCUT2D eigenvalue weighted by atomic mass is 16.5. The van der Waals surface area contributed by atoms with Crippen LogP contribution in [0.2, 0.25) is 0 Å². The molecule has 1 aromatic rings. The van der Waals surface area contributed by atoms with Gasteiger partial charge in [-0.25, -0.2) is 9.59 Å². The van der Waals surface area contributed by atoms with E-state index in [0.29, 0.717) is 0 Å². The van der Waals surface area contributed by atoms with E-state index in [1.54, 1.807) is 0 Å². The van der Waals surface area contributed by atoms with E-state index in [1.165, 1.54) is 50.0 Å². The predicted molar refractivity (Wildman–Crippen MR) is 103 cm³/mol. The van der Waals surface area contributed by atoms with Gasteiger partial charge in [-0.3, -0.25) is 0 Å². The van der Waals surface area contributed by atoms with Crippen LogP contribution in [0.3, 0.4) is 0 Å². The van der Waals surface area contributed by atoms with Crippen molar-refractivity contribution in [2.45, 2.75) is 53.4 Å². The Balaban J connectivity index is 0.000000896. The second kappa shape index (κ2) is 14.1. The number of carboxylic acids is 2. The summed E-state index contributed by atoms with van der Waals surface area (Å²) in [5, 5.41) is 14.8. The molecule has 0 aliphatic carbocycles. The zero-order valence-electron chi connectivity index (χ0n) is 16.5. The maximum Gasteiger partial charge on any atom is 0.414 e. The lowest BCUT2D eigenvalue weighted by Crippen LogP contribution is -2.26. The fraction of sp³-hybridized carbons (Fsp3) is 0.600. The zero-order chi connectivity index (χ0) is 19.9. The molecule has 0 unspecified atom stereocenters. The van der Waals surface area contributed by atoms with Gasteiger partial charge in [0.15, 0.2) is 0 Å². The van der Waals surface area contributed by atoms with E-state index in [1.807, 2.05) is 0 Å². The van der Waals surface area contributed by atoms with Crippen LogP contribution in [-0.4, -0.2) is 53.3 Å². The van der Waals surface area contributed by atoms with Crippen LogP contribution in [0.5, 0.6) is 5.75 Å². The first-order valence-corrected chi connectivity index (χ1v) is 9.20. The van der Waals surface area contributed by atoms with Crippen LogP contribution in [0.25, 0.3) is 0 Å². The minimum atomic E-state index is -1.82. The van der Waals surface area contributed by atoms with Gasteiger partial charge in [0.05, 0.1) is 6.61 Å². The Morgan fingerprint density at radius 3 is 2.00 bits per heavy atom. The topological polar surface area (TPSA) is 87.1 Å². The van der Waals surface area contributed by atoms with E-state index in [9.17, 15) is 0 Å². The molecule has 0 bridgehead atoms. The number of carboxylic acid groups (broad SMARTS) is 2. The number of aryl methyl sites for hydroxylation is 2. The van der Waals surface area contributed by atoms with Crippen LogP contribution in [0.15, 0.2) is 18.2 Å². The van der Waals surface area contributed by atoms with E-state index < -0.39 is 11.9 Å². The summed E-state index contributed by atoms with van der Waals surface area (Å²) in [5.74, 6) is -2.61. The molecule has 0 atom stereocenters. The van der Waals surface area contributed by atoms with Crippen LogP contribution in [0.1, 0.15) is 50.7 Å². The highest BCUT2D eigenvalue weighted by molar-refractivity contribution is 6.27. The van der Waals surface area contributed by atoms with Crippen molar-refractivity contribution in [1.29, 1.82) is 0 Å². The first-order chi connectivity index (χ1) is 12.3. The summed E-state index contributed by atoms with van der Waals surface area (Å²) in [7, 11) is 0. The van der Waals surface area contributed by atoms with Crippen molar-refractivity contribution >= 4 is 11.9 Å². The van der Waals surface area contributed by atoms with Crippen molar-refractivity contribution in [2.24, 2.45) is 0 Å². The van der Waals surface area contributed by atoms with Gasteiger partial charge in [-0.05, 0) is 70.8 Å². The smallest absolute Gasteiger partial charge is 0.414 e. The molecule has 0 spiro atoms. The van der Waals surface area contributed by atoms with Crippen molar-refractivity contribution in [3.05, 3.63) is 29.3 Å². The number of hydrogen-bond donors (Lipinski definition) is 2. The Morgan fingerprint density at radius 1 is 0.962 bits per heavy atom. The van der Waals surface area contributed by atoms with E-state index in [4.69, 9.17) is 24.5 Å². The summed E-state index contributed by atoms with van der Waals surface area (Å²) in [6.07, 6.45) is 4.86. The van der Waals surface area contributed by atoms with Crippen molar-refractivity contribution in [2.75, 3.05) is 26.2 Å². The third-order valence-electron chi connectivity index (χ3n) is 3.72. The quantitative estimate of drug-likeness (QED) is 0.484. The monoisotopic (exact) mass is 367 g/mol. The average Bonchev–Trinajstić information content (AvgIpc) is 2.57. The van der Waals surface area contributed by atoms with Gasteiger partial charge in [-0.15, -0.1) is 0 Å². The number of nitrogens with zero attached hydrogens (tertiary/aromatic N) is 1. The highest BCUT2D eigenvalue weighted by Crippen LogP contribution is 2.18. The van der Waals surface area contributed by atoms with Crippen LogP contribution in [0, 0.1) is 13.8 Å². The normalized spacial score (nSPS) is 10.2. The summed E-state index contributed by atoms with van der Waals surface area (Å²) < 4.78 is 5.88. The van der Waals surface area contributed by atoms with Gasteiger partial charge in [0.25, 0.3) is 0 Å². The van der Waals surface area contributed by atoms with E-state index >= 15 is 0 Å². The molecule has 0 saturated heterocycles. The number of unbranched alkanes of at least 4 members (excludes halogenated alkanes) is 1. The molecule has 6 heteroatoms. The molecular formula is C20H33NO5. The Labute approximate surface area is 156 Å². The first kappa shape index (κ1) is 23.9. The van der Waals surface area contributed by atoms with Gasteiger partial charge in [0, 0.05) is 0 Å². The lowest BCUT2D eigenvalue weighted by molar-refractivity contribution is -0.159. The van der Waals surface area contributed by atoms with E-state index in [-0.39, 0.29) is 0 Å².